The molecular formula is C19H20N2O2S. The van der Waals surface area contributed by atoms with Gasteiger partial charge in [-0.15, -0.1) is 11.3 Å². The van der Waals surface area contributed by atoms with Gasteiger partial charge in [0.25, 0.3) is 5.91 Å². The van der Waals surface area contributed by atoms with Gasteiger partial charge in [-0.25, -0.2) is 0 Å². The van der Waals surface area contributed by atoms with E-state index in [-0.39, 0.29) is 11.8 Å². The van der Waals surface area contributed by atoms with Crippen molar-refractivity contribution in [2.24, 2.45) is 5.92 Å². The molecule has 1 aliphatic carbocycles. The number of fused-ring (bicyclic) bond motifs is 1. The molecule has 24 heavy (non-hydrogen) atoms. The molecule has 0 radical (unpaired) electrons. The third kappa shape index (κ3) is 3.08. The van der Waals surface area contributed by atoms with Crippen LogP contribution in [0.25, 0.3) is 0 Å². The number of hydrogen-bond acceptors (Lipinski definition) is 3. The highest BCUT2D eigenvalue weighted by molar-refractivity contribution is 7.12. The van der Waals surface area contributed by atoms with Crippen LogP contribution in [0.4, 0.5) is 5.69 Å². The van der Waals surface area contributed by atoms with Gasteiger partial charge in [-0.2, -0.15) is 0 Å². The van der Waals surface area contributed by atoms with E-state index >= 15 is 0 Å². The fourth-order valence-electron chi connectivity index (χ4n) is 3.15. The highest BCUT2D eigenvalue weighted by atomic mass is 32.1. The van der Waals surface area contributed by atoms with Crippen LogP contribution in [0, 0.1) is 12.8 Å². The Balaban J connectivity index is 1.49. The largest absolute Gasteiger partial charge is 0.338 e. The van der Waals surface area contributed by atoms with Crippen LogP contribution < -0.4 is 5.32 Å². The molecule has 124 valence electrons. The van der Waals surface area contributed by atoms with Crippen LogP contribution in [-0.2, 0) is 17.8 Å². The van der Waals surface area contributed by atoms with Crippen molar-refractivity contribution in [1.29, 1.82) is 0 Å². The average molecular weight is 340 g/mol. The molecule has 1 aromatic carbocycles. The zero-order chi connectivity index (χ0) is 16.7. The van der Waals surface area contributed by atoms with Gasteiger partial charge in [0.2, 0.25) is 5.91 Å². The molecule has 5 heteroatoms. The molecule has 0 spiro atoms. The number of thiophene rings is 1. The van der Waals surface area contributed by atoms with E-state index in [2.05, 4.69) is 11.4 Å². The van der Waals surface area contributed by atoms with Crippen molar-refractivity contribution in [3.8, 4) is 0 Å². The second-order valence-corrected chi connectivity index (χ2v) is 7.62. The Kier molecular flexibility index (Phi) is 3.88. The monoisotopic (exact) mass is 340 g/mol. The first-order valence-electron chi connectivity index (χ1n) is 8.37. The summed E-state index contributed by atoms with van der Waals surface area (Å²) in [5, 5.41) is 4.94. The topological polar surface area (TPSA) is 49.4 Å². The van der Waals surface area contributed by atoms with E-state index < -0.39 is 0 Å². The van der Waals surface area contributed by atoms with Crippen molar-refractivity contribution in [3.05, 3.63) is 51.2 Å². The Labute approximate surface area is 145 Å². The van der Waals surface area contributed by atoms with Gasteiger partial charge in [0.15, 0.2) is 0 Å². The number of nitrogens with one attached hydrogen (secondary N) is 1. The van der Waals surface area contributed by atoms with Gasteiger partial charge in [0.05, 0.1) is 4.88 Å². The molecule has 1 aliphatic heterocycles. The second kappa shape index (κ2) is 6.06. The van der Waals surface area contributed by atoms with E-state index in [1.165, 1.54) is 16.9 Å². The lowest BCUT2D eigenvalue weighted by molar-refractivity contribution is -0.133. The molecule has 0 bridgehead atoms. The highest BCUT2D eigenvalue weighted by Gasteiger charge is 2.34. The predicted octanol–water partition coefficient (Wildman–Crippen LogP) is 3.60. The predicted molar refractivity (Wildman–Crippen MR) is 95.3 cm³/mol. The molecule has 1 aromatic heterocycles. The van der Waals surface area contributed by atoms with E-state index in [0.717, 1.165) is 47.5 Å². The van der Waals surface area contributed by atoms with Crippen LogP contribution >= 0.6 is 11.3 Å². The third-order valence-electron chi connectivity index (χ3n) is 4.67. The second-order valence-electron chi connectivity index (χ2n) is 6.71. The first-order chi connectivity index (χ1) is 11.6. The van der Waals surface area contributed by atoms with Crippen LogP contribution in [0.5, 0.6) is 0 Å². The van der Waals surface area contributed by atoms with Crippen molar-refractivity contribution in [1.82, 2.24) is 4.90 Å². The molecule has 4 rings (SSSR count). The normalized spacial score (nSPS) is 16.6. The average Bonchev–Trinajstić information content (AvgIpc) is 3.34. The van der Waals surface area contributed by atoms with Gasteiger partial charge in [-0.05, 0) is 66.5 Å². The van der Waals surface area contributed by atoms with Crippen molar-refractivity contribution in [2.45, 2.75) is 32.7 Å². The lowest BCUT2D eigenvalue weighted by Gasteiger charge is -2.29. The minimum Gasteiger partial charge on any atom is -0.338 e. The van der Waals surface area contributed by atoms with Gasteiger partial charge in [-0.1, -0.05) is 6.07 Å². The van der Waals surface area contributed by atoms with Crippen LogP contribution in [0.2, 0.25) is 0 Å². The van der Waals surface area contributed by atoms with E-state index in [4.69, 9.17) is 0 Å². The SMILES string of the molecule is Cc1csc(C(=O)Nc2ccc3c(c2)CN(C(=O)C2CC2)CC3)c1. The highest BCUT2D eigenvalue weighted by Crippen LogP contribution is 2.33. The summed E-state index contributed by atoms with van der Waals surface area (Å²) in [5.74, 6) is 0.482. The molecule has 2 heterocycles. The zero-order valence-electron chi connectivity index (χ0n) is 13.7. The van der Waals surface area contributed by atoms with Crippen LogP contribution in [0.1, 0.15) is 39.2 Å². The summed E-state index contributed by atoms with van der Waals surface area (Å²) in [7, 11) is 0. The molecule has 1 N–H and O–H groups in total. The van der Waals surface area contributed by atoms with Gasteiger partial charge in [-0.3, -0.25) is 9.59 Å². The quantitative estimate of drug-likeness (QED) is 0.928. The standard InChI is InChI=1S/C19H20N2O2S/c1-12-8-17(24-11-12)18(22)20-16-5-4-13-6-7-21(10-15(13)9-16)19(23)14-2-3-14/h4-5,8-9,11,14H,2-3,6-7,10H2,1H3,(H,20,22). The number of nitrogens with zero attached hydrogens (tertiary/aromatic N) is 1. The minimum absolute atomic E-state index is 0.0743. The molecule has 1 fully saturated rings. The van der Waals surface area contributed by atoms with Crippen molar-refractivity contribution >= 4 is 28.8 Å². The Morgan fingerprint density at radius 2 is 2.04 bits per heavy atom. The number of carbonyl (C=O) groups is 2. The maximum absolute atomic E-state index is 12.3. The molecular weight excluding hydrogens is 320 g/mol. The fourth-order valence-corrected chi connectivity index (χ4v) is 3.95. The number of carbonyl (C=O) groups excluding carboxylic acids is 2. The van der Waals surface area contributed by atoms with Gasteiger partial charge in [0, 0.05) is 24.7 Å². The Morgan fingerprint density at radius 1 is 1.21 bits per heavy atom. The Bertz CT molecular complexity index is 807. The van der Waals surface area contributed by atoms with Gasteiger partial charge >= 0.3 is 0 Å². The zero-order valence-corrected chi connectivity index (χ0v) is 14.5. The summed E-state index contributed by atoms with van der Waals surface area (Å²) in [6, 6.07) is 7.94. The lowest BCUT2D eigenvalue weighted by Crippen LogP contribution is -2.36. The Hall–Kier alpha value is -2.14. The van der Waals surface area contributed by atoms with E-state index in [9.17, 15) is 9.59 Å². The number of anilines is 1. The number of rotatable bonds is 3. The lowest BCUT2D eigenvalue weighted by atomic mass is 9.98. The summed E-state index contributed by atoms with van der Waals surface area (Å²) in [5.41, 5.74) is 4.32. The smallest absolute Gasteiger partial charge is 0.265 e. The molecule has 4 nitrogen and oxygen atoms in total. The van der Waals surface area contributed by atoms with Crippen molar-refractivity contribution < 1.29 is 9.59 Å². The molecule has 2 aliphatic rings. The molecule has 2 amide bonds. The summed E-state index contributed by atoms with van der Waals surface area (Å²) in [6.07, 6.45) is 2.98. The fraction of sp³-hybridized carbons (Fsp3) is 0.368. The van der Waals surface area contributed by atoms with E-state index in [0.29, 0.717) is 12.5 Å². The summed E-state index contributed by atoms with van der Waals surface area (Å²) < 4.78 is 0. The third-order valence-corrected chi connectivity index (χ3v) is 5.72. The minimum atomic E-state index is -0.0743. The summed E-state index contributed by atoms with van der Waals surface area (Å²) in [4.78, 5) is 27.3. The molecule has 0 atom stereocenters. The van der Waals surface area contributed by atoms with E-state index in [1.54, 1.807) is 0 Å². The number of benzene rings is 1. The molecule has 1 saturated carbocycles. The van der Waals surface area contributed by atoms with Crippen molar-refractivity contribution in [3.63, 3.8) is 0 Å². The van der Waals surface area contributed by atoms with Crippen LogP contribution in [0.15, 0.2) is 29.6 Å². The Morgan fingerprint density at radius 3 is 2.75 bits per heavy atom. The number of amides is 2. The van der Waals surface area contributed by atoms with Gasteiger partial charge in [0.1, 0.15) is 0 Å². The molecule has 0 unspecified atom stereocenters. The first-order valence-corrected chi connectivity index (χ1v) is 9.25. The maximum Gasteiger partial charge on any atom is 0.265 e. The van der Waals surface area contributed by atoms with Crippen LogP contribution in [-0.4, -0.2) is 23.3 Å². The first kappa shape index (κ1) is 15.4. The van der Waals surface area contributed by atoms with Crippen molar-refractivity contribution in [2.75, 3.05) is 11.9 Å². The molecule has 0 saturated heterocycles. The van der Waals surface area contributed by atoms with Crippen LogP contribution in [0.3, 0.4) is 0 Å². The number of aryl methyl sites for hydroxylation is 1. The summed E-state index contributed by atoms with van der Waals surface area (Å²) in [6.45, 7) is 3.45. The van der Waals surface area contributed by atoms with E-state index in [1.807, 2.05) is 35.4 Å². The maximum atomic E-state index is 12.3. The van der Waals surface area contributed by atoms with Gasteiger partial charge < -0.3 is 10.2 Å². The molecule has 2 aromatic rings. The summed E-state index contributed by atoms with van der Waals surface area (Å²) >= 11 is 1.46. The number of hydrogen-bond donors (Lipinski definition) is 1.